The normalized spacial score (nSPS) is 12.5. The molecule has 120 valence electrons. The maximum atomic E-state index is 12.1. The first-order chi connectivity index (χ1) is 10.4. The molecule has 0 spiro atoms. The van der Waals surface area contributed by atoms with Crippen molar-refractivity contribution in [3.8, 4) is 0 Å². The number of thiophene rings is 1. The number of hydrogen-bond donors (Lipinski definition) is 3. The third kappa shape index (κ3) is 3.92. The van der Waals surface area contributed by atoms with Gasteiger partial charge >= 0.3 is 0 Å². The average molecular weight is 322 g/mol. The van der Waals surface area contributed by atoms with Crippen molar-refractivity contribution >= 4 is 27.5 Å². The second kappa shape index (κ2) is 7.02. The summed E-state index contributed by atoms with van der Waals surface area (Å²) in [5, 5.41) is 3.47. The fraction of sp³-hybridized carbons (Fsp3) is 0.533. The Kier molecular flexibility index (Phi) is 5.31. The number of hydrogen-bond acceptors (Lipinski definition) is 5. The summed E-state index contributed by atoms with van der Waals surface area (Å²) in [6, 6.07) is 0.0750. The largest absolute Gasteiger partial charge is 0.356 e. The molecule has 7 heteroatoms. The Balaban J connectivity index is 2.00. The number of nitrogens with one attached hydrogen (secondary N) is 2. The van der Waals surface area contributed by atoms with Gasteiger partial charge in [-0.05, 0) is 32.8 Å². The van der Waals surface area contributed by atoms with Crippen molar-refractivity contribution in [1.29, 1.82) is 0 Å². The van der Waals surface area contributed by atoms with Gasteiger partial charge in [0.15, 0.2) is 0 Å². The van der Waals surface area contributed by atoms with E-state index in [0.717, 1.165) is 21.7 Å². The number of H-pyrrole nitrogens is 1. The van der Waals surface area contributed by atoms with E-state index in [1.165, 1.54) is 11.3 Å². The van der Waals surface area contributed by atoms with Crippen LogP contribution in [-0.4, -0.2) is 28.5 Å². The fourth-order valence-electron chi connectivity index (χ4n) is 2.18. The first-order valence-electron chi connectivity index (χ1n) is 7.39. The van der Waals surface area contributed by atoms with Crippen LogP contribution >= 0.6 is 11.3 Å². The molecular formula is C15H22N4O2S. The average Bonchev–Trinajstić information content (AvgIpc) is 2.71. The topological polar surface area (TPSA) is 101 Å². The van der Waals surface area contributed by atoms with Gasteiger partial charge in [-0.15, -0.1) is 11.3 Å². The van der Waals surface area contributed by atoms with Crippen molar-refractivity contribution in [2.75, 3.05) is 6.54 Å². The minimum Gasteiger partial charge on any atom is -0.356 e. The molecule has 2 aromatic rings. The summed E-state index contributed by atoms with van der Waals surface area (Å²) in [5.41, 5.74) is 6.48. The monoisotopic (exact) mass is 322 g/mol. The van der Waals surface area contributed by atoms with Crippen LogP contribution in [0.25, 0.3) is 10.2 Å². The van der Waals surface area contributed by atoms with E-state index in [1.54, 1.807) is 0 Å². The van der Waals surface area contributed by atoms with Gasteiger partial charge in [-0.3, -0.25) is 9.59 Å². The van der Waals surface area contributed by atoms with E-state index in [1.807, 2.05) is 20.8 Å². The summed E-state index contributed by atoms with van der Waals surface area (Å²) in [4.78, 5) is 32.9. The van der Waals surface area contributed by atoms with Gasteiger partial charge in [0.1, 0.15) is 10.7 Å². The first-order valence-corrected chi connectivity index (χ1v) is 8.21. The van der Waals surface area contributed by atoms with Crippen LogP contribution in [0.1, 0.15) is 36.0 Å². The van der Waals surface area contributed by atoms with E-state index in [9.17, 15) is 9.59 Å². The Morgan fingerprint density at radius 2 is 2.18 bits per heavy atom. The molecule has 0 bridgehead atoms. The van der Waals surface area contributed by atoms with Crippen LogP contribution in [0.2, 0.25) is 0 Å². The number of rotatable bonds is 6. The minimum absolute atomic E-state index is 0.0538. The number of nitrogens with zero attached hydrogens (tertiary/aromatic N) is 1. The van der Waals surface area contributed by atoms with Crippen LogP contribution in [0, 0.1) is 13.8 Å². The van der Waals surface area contributed by atoms with Crippen LogP contribution in [0.4, 0.5) is 0 Å². The van der Waals surface area contributed by atoms with E-state index in [0.29, 0.717) is 30.6 Å². The predicted molar refractivity (Wildman–Crippen MR) is 89.3 cm³/mol. The van der Waals surface area contributed by atoms with E-state index in [2.05, 4.69) is 15.3 Å². The van der Waals surface area contributed by atoms with Gasteiger partial charge in [-0.25, -0.2) is 4.98 Å². The zero-order chi connectivity index (χ0) is 16.3. The van der Waals surface area contributed by atoms with Crippen molar-refractivity contribution in [2.24, 2.45) is 5.73 Å². The molecule has 22 heavy (non-hydrogen) atoms. The van der Waals surface area contributed by atoms with Crippen LogP contribution in [-0.2, 0) is 11.2 Å². The Morgan fingerprint density at radius 1 is 1.45 bits per heavy atom. The highest BCUT2D eigenvalue weighted by Crippen LogP contribution is 2.25. The zero-order valence-electron chi connectivity index (χ0n) is 13.2. The summed E-state index contributed by atoms with van der Waals surface area (Å²) < 4.78 is 0. The molecule has 0 aliphatic rings. The van der Waals surface area contributed by atoms with E-state index in [4.69, 9.17) is 5.73 Å². The number of carbonyl (C=O) groups excluding carboxylic acids is 1. The smallest absolute Gasteiger partial charge is 0.259 e. The molecule has 1 unspecified atom stereocenters. The van der Waals surface area contributed by atoms with Crippen molar-refractivity contribution in [3.63, 3.8) is 0 Å². The van der Waals surface area contributed by atoms with Gasteiger partial charge in [0.25, 0.3) is 5.56 Å². The number of carbonyl (C=O) groups is 1. The highest BCUT2D eigenvalue weighted by Gasteiger charge is 2.12. The molecule has 6 nitrogen and oxygen atoms in total. The number of amides is 1. The summed E-state index contributed by atoms with van der Waals surface area (Å²) in [6.07, 6.45) is 1.47. The van der Waals surface area contributed by atoms with Crippen LogP contribution < -0.4 is 16.6 Å². The lowest BCUT2D eigenvalue weighted by Gasteiger charge is -2.07. The second-order valence-corrected chi connectivity index (χ2v) is 6.80. The van der Waals surface area contributed by atoms with E-state index < -0.39 is 0 Å². The zero-order valence-corrected chi connectivity index (χ0v) is 14.0. The van der Waals surface area contributed by atoms with Gasteiger partial charge in [0.2, 0.25) is 5.91 Å². The maximum Gasteiger partial charge on any atom is 0.259 e. The third-order valence-corrected chi connectivity index (χ3v) is 4.70. The number of aryl methyl sites for hydroxylation is 3. The maximum absolute atomic E-state index is 12.1. The number of aromatic amines is 1. The first kappa shape index (κ1) is 16.6. The number of aromatic nitrogens is 2. The molecule has 0 saturated carbocycles. The second-order valence-electron chi connectivity index (χ2n) is 5.59. The van der Waals surface area contributed by atoms with Gasteiger partial charge in [-0.2, -0.15) is 0 Å². The van der Waals surface area contributed by atoms with Crippen molar-refractivity contribution < 1.29 is 4.79 Å². The Hall–Kier alpha value is -1.73. The molecule has 0 radical (unpaired) electrons. The Labute approximate surface area is 133 Å². The molecule has 1 amide bonds. The van der Waals surface area contributed by atoms with Crippen molar-refractivity contribution in [2.45, 2.75) is 46.1 Å². The molecule has 0 aromatic carbocycles. The Bertz CT molecular complexity index is 733. The molecule has 4 N–H and O–H groups in total. The van der Waals surface area contributed by atoms with Gasteiger partial charge in [0.05, 0.1) is 5.39 Å². The van der Waals surface area contributed by atoms with Crippen LogP contribution in [0.15, 0.2) is 4.79 Å². The quantitative estimate of drug-likeness (QED) is 0.748. The Morgan fingerprint density at radius 3 is 2.86 bits per heavy atom. The minimum atomic E-state index is -0.126. The summed E-state index contributed by atoms with van der Waals surface area (Å²) in [7, 11) is 0. The van der Waals surface area contributed by atoms with E-state index >= 15 is 0 Å². The molecule has 2 heterocycles. The highest BCUT2D eigenvalue weighted by atomic mass is 32.1. The molecule has 0 saturated heterocycles. The highest BCUT2D eigenvalue weighted by molar-refractivity contribution is 7.18. The summed E-state index contributed by atoms with van der Waals surface area (Å²) >= 11 is 1.51. The van der Waals surface area contributed by atoms with Gasteiger partial charge in [-0.1, -0.05) is 0 Å². The van der Waals surface area contributed by atoms with Crippen LogP contribution in [0.3, 0.4) is 0 Å². The third-order valence-electron chi connectivity index (χ3n) is 3.60. The molecule has 2 rings (SSSR count). The van der Waals surface area contributed by atoms with Gasteiger partial charge in [0, 0.05) is 30.3 Å². The fourth-order valence-corrected chi connectivity index (χ4v) is 3.23. The predicted octanol–water partition coefficient (Wildman–Crippen LogP) is 1.39. The molecular weight excluding hydrogens is 300 g/mol. The lowest BCUT2D eigenvalue weighted by Crippen LogP contribution is -2.29. The molecule has 0 aliphatic carbocycles. The van der Waals surface area contributed by atoms with Crippen molar-refractivity contribution in [3.05, 3.63) is 26.6 Å². The summed E-state index contributed by atoms with van der Waals surface area (Å²) in [6.45, 7) is 6.38. The van der Waals surface area contributed by atoms with Crippen molar-refractivity contribution in [1.82, 2.24) is 15.3 Å². The number of fused-ring (bicyclic) bond motifs is 1. The molecule has 0 fully saturated rings. The van der Waals surface area contributed by atoms with Crippen LogP contribution in [0.5, 0.6) is 0 Å². The lowest BCUT2D eigenvalue weighted by molar-refractivity contribution is -0.121. The molecule has 1 atom stereocenters. The number of nitrogens with two attached hydrogens (primary N) is 1. The molecule has 0 aliphatic heterocycles. The van der Waals surface area contributed by atoms with E-state index in [-0.39, 0.29) is 17.5 Å². The SMILES string of the molecule is Cc1sc2nc(CCC(=O)NCCC(C)N)[nH]c(=O)c2c1C. The molecule has 2 aromatic heterocycles. The standard InChI is InChI=1S/C15H22N4O2S/c1-8(16)6-7-17-12(20)5-4-11-18-14(21)13-9(2)10(3)22-15(13)19-11/h8H,4-7,16H2,1-3H3,(H,17,20)(H,18,19,21). The van der Waals surface area contributed by atoms with Gasteiger partial charge < -0.3 is 16.0 Å². The lowest BCUT2D eigenvalue weighted by atomic mass is 10.2. The summed E-state index contributed by atoms with van der Waals surface area (Å²) in [5.74, 6) is 0.503.